The van der Waals surface area contributed by atoms with E-state index >= 15 is 0 Å². The van der Waals surface area contributed by atoms with Crippen molar-refractivity contribution in [2.45, 2.75) is 32.2 Å². The summed E-state index contributed by atoms with van der Waals surface area (Å²) in [6, 6.07) is 5.26. The van der Waals surface area contributed by atoms with E-state index in [-0.39, 0.29) is 17.2 Å². The van der Waals surface area contributed by atoms with E-state index in [1.54, 1.807) is 31.4 Å². The van der Waals surface area contributed by atoms with E-state index < -0.39 is 0 Å². The number of amides is 1. The Balaban J connectivity index is 1.68. The molecule has 0 aliphatic heterocycles. The maximum atomic E-state index is 12.9. The van der Waals surface area contributed by atoms with E-state index in [1.807, 2.05) is 13.8 Å². The van der Waals surface area contributed by atoms with Gasteiger partial charge in [-0.15, -0.1) is 0 Å². The lowest BCUT2D eigenvalue weighted by Crippen LogP contribution is -2.45. The number of nitrogens with zero attached hydrogens (tertiary/aromatic N) is 2. The molecule has 4 rings (SSSR count). The molecule has 0 atom stereocenters. The van der Waals surface area contributed by atoms with Gasteiger partial charge in [-0.25, -0.2) is 9.97 Å². The van der Waals surface area contributed by atoms with E-state index in [9.17, 15) is 4.79 Å². The van der Waals surface area contributed by atoms with Gasteiger partial charge < -0.3 is 15.6 Å². The van der Waals surface area contributed by atoms with E-state index in [4.69, 9.17) is 17.0 Å². The van der Waals surface area contributed by atoms with Gasteiger partial charge in [0.2, 0.25) is 0 Å². The Morgan fingerprint density at radius 2 is 2.07 bits per heavy atom. The Kier molecular flexibility index (Phi) is 4.78. The molecule has 0 radical (unpaired) electrons. The van der Waals surface area contributed by atoms with Crippen LogP contribution >= 0.6 is 11.6 Å². The summed E-state index contributed by atoms with van der Waals surface area (Å²) >= 11 is 6.06. The molecule has 1 aliphatic carbocycles. The number of H-pyrrole nitrogens is 1. The first-order valence-corrected chi connectivity index (χ1v) is 9.91. The van der Waals surface area contributed by atoms with Crippen LogP contribution in [0.15, 0.2) is 30.6 Å². The van der Waals surface area contributed by atoms with Gasteiger partial charge in [0.1, 0.15) is 11.2 Å². The summed E-state index contributed by atoms with van der Waals surface area (Å²) in [6.07, 6.45) is 5.43. The van der Waals surface area contributed by atoms with Crippen LogP contribution in [0.25, 0.3) is 11.2 Å². The molecule has 29 heavy (non-hydrogen) atoms. The molecule has 4 N–H and O–H groups in total. The Morgan fingerprint density at radius 3 is 2.76 bits per heavy atom. The molecule has 1 saturated carbocycles. The minimum absolute atomic E-state index is 0.187. The van der Waals surface area contributed by atoms with Gasteiger partial charge in [-0.3, -0.25) is 10.2 Å². The maximum Gasteiger partial charge on any atom is 0.255 e. The number of aromatic nitrogens is 3. The molecule has 0 saturated heterocycles. The van der Waals surface area contributed by atoms with E-state index in [1.165, 1.54) is 6.20 Å². The number of halogens is 1. The van der Waals surface area contributed by atoms with E-state index in [0.29, 0.717) is 38.9 Å². The minimum Gasteiger partial charge on any atom is -0.388 e. The number of carbonyl (C=O) groups is 1. The second-order valence-electron chi connectivity index (χ2n) is 7.92. The SMILES string of the molecule is CNc1cc(Cl)ccc1C(=N)c1cnc2[nH]cc(C(=O)NC(C)(C)C3CC3)c2n1. The van der Waals surface area contributed by atoms with Gasteiger partial charge in [0.05, 0.1) is 17.5 Å². The normalized spacial score (nSPS) is 14.1. The molecule has 0 bridgehead atoms. The largest absolute Gasteiger partial charge is 0.388 e. The average Bonchev–Trinajstić information content (AvgIpc) is 3.47. The summed E-state index contributed by atoms with van der Waals surface area (Å²) in [5, 5.41) is 15.3. The van der Waals surface area contributed by atoms with Gasteiger partial charge in [0, 0.05) is 35.1 Å². The lowest BCUT2D eigenvalue weighted by molar-refractivity contribution is 0.0905. The van der Waals surface area contributed by atoms with Gasteiger partial charge in [-0.1, -0.05) is 11.6 Å². The third-order valence-corrected chi connectivity index (χ3v) is 5.67. The van der Waals surface area contributed by atoms with Crippen LogP contribution in [0.5, 0.6) is 0 Å². The molecular weight excluding hydrogens is 388 g/mol. The fraction of sp³-hybridized carbons (Fsp3) is 0.333. The minimum atomic E-state index is -0.260. The van der Waals surface area contributed by atoms with Crippen LogP contribution in [0.4, 0.5) is 5.69 Å². The number of benzene rings is 1. The van der Waals surface area contributed by atoms with E-state index in [2.05, 4.69) is 25.6 Å². The zero-order valence-electron chi connectivity index (χ0n) is 16.6. The van der Waals surface area contributed by atoms with Crippen molar-refractivity contribution < 1.29 is 4.79 Å². The highest BCUT2D eigenvalue weighted by Gasteiger charge is 2.39. The number of aromatic amines is 1. The van der Waals surface area contributed by atoms with Crippen molar-refractivity contribution in [2.24, 2.45) is 5.92 Å². The summed E-state index contributed by atoms with van der Waals surface area (Å²) in [5.41, 5.74) is 3.10. The quantitative estimate of drug-likeness (QED) is 0.461. The Hall–Kier alpha value is -2.93. The van der Waals surface area contributed by atoms with Gasteiger partial charge >= 0.3 is 0 Å². The molecule has 1 amide bonds. The highest BCUT2D eigenvalue weighted by Crippen LogP contribution is 2.39. The number of nitrogens with one attached hydrogen (secondary N) is 4. The van der Waals surface area contributed by atoms with Crippen LogP contribution in [0, 0.1) is 11.3 Å². The van der Waals surface area contributed by atoms with Crippen LogP contribution in [0.3, 0.4) is 0 Å². The molecule has 2 heterocycles. The van der Waals surface area contributed by atoms with Crippen molar-refractivity contribution in [2.75, 3.05) is 12.4 Å². The summed E-state index contributed by atoms with van der Waals surface area (Å²) in [5.74, 6) is 0.324. The summed E-state index contributed by atoms with van der Waals surface area (Å²) in [6.45, 7) is 4.09. The number of anilines is 1. The first kappa shape index (κ1) is 19.4. The Labute approximate surface area is 173 Å². The number of hydrogen-bond acceptors (Lipinski definition) is 5. The van der Waals surface area contributed by atoms with Gasteiger partial charge in [0.15, 0.2) is 5.65 Å². The van der Waals surface area contributed by atoms with Crippen molar-refractivity contribution in [1.29, 1.82) is 5.41 Å². The molecule has 1 aromatic carbocycles. The molecule has 0 spiro atoms. The molecule has 8 heteroatoms. The molecule has 3 aromatic rings. The topological polar surface area (TPSA) is 107 Å². The summed E-state index contributed by atoms with van der Waals surface area (Å²) < 4.78 is 0. The van der Waals surface area contributed by atoms with Crippen LogP contribution in [-0.2, 0) is 0 Å². The number of carbonyl (C=O) groups excluding carboxylic acids is 1. The smallest absolute Gasteiger partial charge is 0.255 e. The molecule has 7 nitrogen and oxygen atoms in total. The predicted octanol–water partition coefficient (Wildman–Crippen LogP) is 3.99. The Bertz CT molecular complexity index is 1120. The molecule has 2 aromatic heterocycles. The molecule has 1 aliphatic rings. The molecule has 150 valence electrons. The predicted molar refractivity (Wildman–Crippen MR) is 115 cm³/mol. The molecular formula is C21H23ClN6O. The lowest BCUT2D eigenvalue weighted by atomic mass is 9.98. The van der Waals surface area contributed by atoms with Crippen LogP contribution < -0.4 is 10.6 Å². The number of hydrogen-bond donors (Lipinski definition) is 4. The third-order valence-electron chi connectivity index (χ3n) is 5.44. The first-order chi connectivity index (χ1) is 13.8. The Morgan fingerprint density at radius 1 is 1.31 bits per heavy atom. The fourth-order valence-electron chi connectivity index (χ4n) is 3.53. The van der Waals surface area contributed by atoms with Crippen LogP contribution in [-0.4, -0.2) is 39.2 Å². The molecule has 1 fully saturated rings. The summed E-state index contributed by atoms with van der Waals surface area (Å²) in [4.78, 5) is 24.8. The second-order valence-corrected chi connectivity index (χ2v) is 8.36. The van der Waals surface area contributed by atoms with Crippen molar-refractivity contribution in [3.8, 4) is 0 Å². The standard InChI is InChI=1S/C21H23ClN6O/c1-21(2,11-4-5-11)28-20(29)14-9-25-19-18(14)27-16(10-26-19)17(23)13-7-6-12(22)8-15(13)24-3/h6-11,23-24H,4-5H2,1-3H3,(H,25,26)(H,28,29). The number of rotatable bonds is 6. The fourth-order valence-corrected chi connectivity index (χ4v) is 3.70. The van der Waals surface area contributed by atoms with Crippen molar-refractivity contribution in [3.05, 3.63) is 52.4 Å². The van der Waals surface area contributed by atoms with Crippen LogP contribution in [0.1, 0.15) is 48.3 Å². The second kappa shape index (κ2) is 7.15. The summed E-state index contributed by atoms with van der Waals surface area (Å²) in [7, 11) is 1.77. The highest BCUT2D eigenvalue weighted by atomic mass is 35.5. The lowest BCUT2D eigenvalue weighted by Gasteiger charge is -2.25. The van der Waals surface area contributed by atoms with Crippen molar-refractivity contribution >= 4 is 40.1 Å². The third kappa shape index (κ3) is 3.70. The van der Waals surface area contributed by atoms with Crippen molar-refractivity contribution in [1.82, 2.24) is 20.3 Å². The van der Waals surface area contributed by atoms with Gasteiger partial charge in [0.25, 0.3) is 5.91 Å². The molecule has 0 unspecified atom stereocenters. The zero-order valence-corrected chi connectivity index (χ0v) is 17.3. The highest BCUT2D eigenvalue weighted by molar-refractivity contribution is 6.31. The van der Waals surface area contributed by atoms with E-state index in [0.717, 1.165) is 18.5 Å². The maximum absolute atomic E-state index is 12.9. The first-order valence-electron chi connectivity index (χ1n) is 9.53. The monoisotopic (exact) mass is 410 g/mol. The number of fused-ring (bicyclic) bond motifs is 1. The van der Waals surface area contributed by atoms with Gasteiger partial charge in [-0.05, 0) is 50.8 Å². The van der Waals surface area contributed by atoms with Crippen molar-refractivity contribution in [3.63, 3.8) is 0 Å². The van der Waals surface area contributed by atoms with Gasteiger partial charge in [-0.2, -0.15) is 0 Å². The zero-order chi connectivity index (χ0) is 20.8. The van der Waals surface area contributed by atoms with Crippen LogP contribution in [0.2, 0.25) is 5.02 Å². The average molecular weight is 411 g/mol.